The molecule has 16 heteroatoms. The molecule has 0 unspecified atom stereocenters. The Hall–Kier alpha value is -3.14. The van der Waals surface area contributed by atoms with Gasteiger partial charge in [-0.15, -0.1) is 0 Å². The lowest BCUT2D eigenvalue weighted by Gasteiger charge is -2.18. The van der Waals surface area contributed by atoms with Gasteiger partial charge in [-0.1, -0.05) is 0 Å². The molecular formula is C21H21F6N3O5S2. The highest BCUT2D eigenvalue weighted by molar-refractivity contribution is 7.99. The number of carbonyl (C=O) groups excluding carboxylic acids is 4. The van der Waals surface area contributed by atoms with E-state index in [2.05, 4.69) is 15.6 Å². The molecule has 2 heterocycles. The monoisotopic (exact) mass is 573 g/mol. The van der Waals surface area contributed by atoms with Crippen LogP contribution in [0.1, 0.15) is 18.4 Å². The summed E-state index contributed by atoms with van der Waals surface area (Å²) in [6.07, 6.45) is -6.06. The molecule has 0 aliphatic rings. The number of thioether (sulfide) groups is 1. The maximum atomic E-state index is 12.6. The molecule has 0 saturated carbocycles. The van der Waals surface area contributed by atoms with E-state index in [4.69, 9.17) is 9.90 Å². The number of anilines is 1. The van der Waals surface area contributed by atoms with Gasteiger partial charge >= 0.3 is 12.4 Å². The molecular weight excluding hydrogens is 552 g/mol. The van der Waals surface area contributed by atoms with Crippen molar-refractivity contribution in [2.24, 2.45) is 0 Å². The van der Waals surface area contributed by atoms with E-state index < -0.39 is 41.8 Å². The Morgan fingerprint density at radius 1 is 1.08 bits per heavy atom. The summed E-state index contributed by atoms with van der Waals surface area (Å²) in [6, 6.07) is 4.34. The highest BCUT2D eigenvalue weighted by Gasteiger charge is 2.37. The van der Waals surface area contributed by atoms with Gasteiger partial charge in [0.2, 0.25) is 17.6 Å². The van der Waals surface area contributed by atoms with Crippen LogP contribution in [0.4, 0.5) is 32.0 Å². The van der Waals surface area contributed by atoms with Crippen LogP contribution in [-0.4, -0.2) is 53.5 Å². The Morgan fingerprint density at radius 3 is 2.27 bits per heavy atom. The molecule has 0 fully saturated rings. The third-order valence-electron chi connectivity index (χ3n) is 4.13. The number of H-pyrrole nitrogens is 1. The normalized spacial score (nSPS) is 12.1. The van der Waals surface area contributed by atoms with Crippen LogP contribution >= 0.6 is 23.1 Å². The number of alkyl halides is 6. The van der Waals surface area contributed by atoms with E-state index in [1.54, 1.807) is 24.5 Å². The lowest BCUT2D eigenvalue weighted by Crippen LogP contribution is -2.44. The van der Waals surface area contributed by atoms with Gasteiger partial charge in [-0.3, -0.25) is 14.4 Å². The first-order valence-corrected chi connectivity index (χ1v) is 12.3. The fourth-order valence-electron chi connectivity index (χ4n) is 2.43. The number of pyridine rings is 1. The van der Waals surface area contributed by atoms with Gasteiger partial charge in [0.05, 0.1) is 12.2 Å². The van der Waals surface area contributed by atoms with Crippen LogP contribution in [0.5, 0.6) is 0 Å². The van der Waals surface area contributed by atoms with E-state index >= 15 is 0 Å². The first kappa shape index (κ1) is 31.9. The number of aliphatic carboxylic acids is 1. The number of thiophene rings is 1. The second kappa shape index (κ2) is 15.2. The van der Waals surface area contributed by atoms with Crippen molar-refractivity contribution < 1.29 is 55.6 Å². The van der Waals surface area contributed by atoms with Crippen molar-refractivity contribution in [2.75, 3.05) is 16.8 Å². The number of carbonyl (C=O) groups is 4. The molecule has 37 heavy (non-hydrogen) atoms. The zero-order valence-corrected chi connectivity index (χ0v) is 20.4. The zero-order valence-electron chi connectivity index (χ0n) is 18.8. The Kier molecular flexibility index (Phi) is 13.1. The van der Waals surface area contributed by atoms with Gasteiger partial charge in [-0.05, 0) is 47.1 Å². The molecule has 1 atom stereocenters. The third-order valence-corrected chi connectivity index (χ3v) is 5.91. The number of nitrogens with one attached hydrogen (secondary N) is 3. The maximum absolute atomic E-state index is 12.6. The smallest absolute Gasteiger partial charge is 0.450 e. The summed E-state index contributed by atoms with van der Waals surface area (Å²) in [6.45, 7) is 0. The van der Waals surface area contributed by atoms with Crippen molar-refractivity contribution in [2.45, 2.75) is 37.7 Å². The number of rotatable bonds is 11. The molecule has 0 saturated heterocycles. The van der Waals surface area contributed by atoms with E-state index in [0.717, 1.165) is 17.3 Å². The zero-order chi connectivity index (χ0) is 28.1. The molecule has 204 valence electrons. The molecule has 0 radical (unpaired) electrons. The number of amides is 2. The van der Waals surface area contributed by atoms with Gasteiger partial charge in [0.1, 0.15) is 17.7 Å². The standard InChI is InChI=1S/C19H20F3N3O3S2.C2HF3O2/c20-19(21,22)16(26)12-29-7-2-4-15(18(28)24-14-3-1-6-23-10-14)25-17(27)9-13-5-8-30-11-13;3-2(4,5)1(6)7/h1,3,5-6,8,10-11,15H,2,4,7,9,12H2,(H,24,28)(H,25,27);(H,6,7)/t15-;/m0./s1. The molecule has 0 spiro atoms. The number of halogens is 6. The van der Waals surface area contributed by atoms with Crippen LogP contribution in [0.3, 0.4) is 0 Å². The van der Waals surface area contributed by atoms with Crippen molar-refractivity contribution in [3.05, 3.63) is 46.9 Å². The van der Waals surface area contributed by atoms with Crippen LogP contribution in [-0.2, 0) is 25.6 Å². The fourth-order valence-corrected chi connectivity index (χ4v) is 3.96. The Morgan fingerprint density at radius 2 is 1.76 bits per heavy atom. The number of carboxylic acid groups (broad SMARTS) is 1. The molecule has 0 aliphatic heterocycles. The summed E-state index contributed by atoms with van der Waals surface area (Å²) in [5, 5.41) is 17.8. The van der Waals surface area contributed by atoms with Crippen molar-refractivity contribution in [1.29, 1.82) is 0 Å². The van der Waals surface area contributed by atoms with Gasteiger partial charge in [0, 0.05) is 6.07 Å². The van der Waals surface area contributed by atoms with Gasteiger partial charge in [-0.25, -0.2) is 4.98 Å². The van der Waals surface area contributed by atoms with Crippen molar-refractivity contribution in [3.8, 4) is 0 Å². The van der Waals surface area contributed by atoms with Gasteiger partial charge in [0.25, 0.3) is 0 Å². The molecule has 2 aromatic rings. The Bertz CT molecular complexity index is 1020. The minimum absolute atomic E-state index is 0.126. The summed E-state index contributed by atoms with van der Waals surface area (Å²) < 4.78 is 68.2. The summed E-state index contributed by atoms with van der Waals surface area (Å²) in [4.78, 5) is 47.4. The topological polar surface area (TPSA) is 130 Å². The fraction of sp³-hybridized carbons (Fsp3) is 0.381. The number of carboxylic acids is 1. The van der Waals surface area contributed by atoms with Crippen LogP contribution in [0, 0.1) is 0 Å². The highest BCUT2D eigenvalue weighted by atomic mass is 32.2. The lowest BCUT2D eigenvalue weighted by atomic mass is 10.1. The van der Waals surface area contributed by atoms with E-state index in [-0.39, 0.29) is 24.5 Å². The predicted molar refractivity (Wildman–Crippen MR) is 120 cm³/mol. The lowest BCUT2D eigenvalue weighted by molar-refractivity contribution is -0.377. The number of hydrogen-bond acceptors (Lipinski definition) is 7. The number of ketones is 1. The molecule has 0 aromatic carbocycles. The molecule has 2 rings (SSSR count). The average Bonchev–Trinajstić information content (AvgIpc) is 3.30. The number of aromatic amines is 1. The maximum Gasteiger partial charge on any atom is 0.450 e. The van der Waals surface area contributed by atoms with E-state index in [1.807, 2.05) is 16.8 Å². The quantitative estimate of drug-likeness (QED) is 0.313. The van der Waals surface area contributed by atoms with Gasteiger partial charge in [-0.2, -0.15) is 49.4 Å². The molecule has 0 bridgehead atoms. The van der Waals surface area contributed by atoms with Crippen LogP contribution < -0.4 is 20.7 Å². The third kappa shape index (κ3) is 13.7. The minimum Gasteiger partial charge on any atom is -0.542 e. The predicted octanol–water partition coefficient (Wildman–Crippen LogP) is 2.17. The second-order valence-corrected chi connectivity index (χ2v) is 9.00. The summed E-state index contributed by atoms with van der Waals surface area (Å²) >= 11 is 2.31. The Labute approximate surface area is 214 Å². The summed E-state index contributed by atoms with van der Waals surface area (Å²) in [5.74, 6) is -5.95. The molecule has 0 aliphatic carbocycles. The summed E-state index contributed by atoms with van der Waals surface area (Å²) in [5.41, 5.74) is 1.35. The molecule has 3 N–H and O–H groups in total. The van der Waals surface area contributed by atoms with Crippen LogP contribution in [0.25, 0.3) is 0 Å². The van der Waals surface area contributed by atoms with Crippen molar-refractivity contribution in [1.82, 2.24) is 5.32 Å². The van der Waals surface area contributed by atoms with Gasteiger partial charge in [0.15, 0.2) is 12.4 Å². The van der Waals surface area contributed by atoms with E-state index in [0.29, 0.717) is 12.1 Å². The van der Waals surface area contributed by atoms with Crippen molar-refractivity contribution >= 4 is 52.4 Å². The number of aromatic nitrogens is 1. The first-order chi connectivity index (χ1) is 17.2. The largest absolute Gasteiger partial charge is 0.542 e. The summed E-state index contributed by atoms with van der Waals surface area (Å²) in [7, 11) is 0. The van der Waals surface area contributed by atoms with Crippen LogP contribution in [0.2, 0.25) is 0 Å². The minimum atomic E-state index is -5.19. The van der Waals surface area contributed by atoms with E-state index in [1.165, 1.54) is 11.3 Å². The molecule has 2 amide bonds. The molecule has 8 nitrogen and oxygen atoms in total. The van der Waals surface area contributed by atoms with Crippen LogP contribution in [0.15, 0.2) is 41.4 Å². The van der Waals surface area contributed by atoms with E-state index in [9.17, 15) is 40.7 Å². The SMILES string of the molecule is O=C(Cc1ccsc1)N[C@@H](CCCSCC(=O)C(F)(F)F)C(=O)Nc1ccc[nH+]c1.O=C([O-])C(F)(F)F. The first-order valence-electron chi connectivity index (χ1n) is 10.2. The number of hydrogen-bond donors (Lipinski definition) is 2. The Balaban J connectivity index is 0.000000856. The van der Waals surface area contributed by atoms with Crippen molar-refractivity contribution in [3.63, 3.8) is 0 Å². The second-order valence-electron chi connectivity index (χ2n) is 7.11. The average molecular weight is 574 g/mol. The van der Waals surface area contributed by atoms with Gasteiger partial charge < -0.3 is 20.5 Å². The highest BCUT2D eigenvalue weighted by Crippen LogP contribution is 2.19. The molecule has 2 aromatic heterocycles. The number of Topliss-reactive ketones (excluding diaryl/α,β-unsaturated/α-hetero) is 1.